The molecule has 0 bridgehead atoms. The van der Waals surface area contributed by atoms with Crippen molar-refractivity contribution < 1.29 is 0 Å². The lowest BCUT2D eigenvalue weighted by atomic mass is 10.6. The Labute approximate surface area is 52.0 Å². The second-order valence-electron chi connectivity index (χ2n) is 1.78. The first-order valence-electron chi connectivity index (χ1n) is 2.69. The molecule has 0 spiro atoms. The molecular formula is C6H5N3. The molecule has 2 aromatic heterocycles. The van der Waals surface area contributed by atoms with Crippen molar-refractivity contribution in [1.29, 1.82) is 0 Å². The van der Waals surface area contributed by atoms with Gasteiger partial charge < -0.3 is 0 Å². The third-order valence-corrected chi connectivity index (χ3v) is 1.19. The smallest absolute Gasteiger partial charge is 0.156 e. The summed E-state index contributed by atoms with van der Waals surface area (Å²) in [7, 11) is 0. The first-order chi connectivity index (χ1) is 4.47. The van der Waals surface area contributed by atoms with E-state index >= 15 is 0 Å². The second-order valence-corrected chi connectivity index (χ2v) is 1.78. The molecular weight excluding hydrogens is 114 g/mol. The predicted molar refractivity (Wildman–Crippen MR) is 33.0 cm³/mol. The maximum atomic E-state index is 4.04. The first-order valence-corrected chi connectivity index (χ1v) is 2.69. The molecule has 3 nitrogen and oxygen atoms in total. The predicted octanol–water partition coefficient (Wildman–Crippen LogP) is 0.729. The fourth-order valence-electron chi connectivity index (χ4n) is 0.763. The number of aromatic nitrogens is 3. The van der Waals surface area contributed by atoms with E-state index in [4.69, 9.17) is 0 Å². The summed E-state index contributed by atoms with van der Waals surface area (Å²) < 4.78 is 1.86. The minimum atomic E-state index is 0.887. The Morgan fingerprint density at radius 3 is 3.33 bits per heavy atom. The van der Waals surface area contributed by atoms with Crippen molar-refractivity contribution in [3.8, 4) is 0 Å². The van der Waals surface area contributed by atoms with Crippen molar-refractivity contribution in [3.05, 3.63) is 31.0 Å². The van der Waals surface area contributed by atoms with Gasteiger partial charge in [0.1, 0.15) is 6.33 Å². The molecule has 0 atom stereocenters. The van der Waals surface area contributed by atoms with Crippen LogP contribution in [0.4, 0.5) is 0 Å². The number of rotatable bonds is 0. The van der Waals surface area contributed by atoms with E-state index < -0.39 is 0 Å². The molecule has 3 heteroatoms. The summed E-state index contributed by atoms with van der Waals surface area (Å²) >= 11 is 0. The van der Waals surface area contributed by atoms with Crippen LogP contribution in [0.1, 0.15) is 0 Å². The van der Waals surface area contributed by atoms with Gasteiger partial charge in [-0.2, -0.15) is 0 Å². The number of hydrogen-bond donors (Lipinski definition) is 0. The third kappa shape index (κ3) is 0.579. The monoisotopic (exact) mass is 119 g/mol. The van der Waals surface area contributed by atoms with Gasteiger partial charge in [-0.1, -0.05) is 0 Å². The molecule has 0 saturated heterocycles. The molecule has 0 aliphatic rings. The fourth-order valence-corrected chi connectivity index (χ4v) is 0.763. The lowest BCUT2D eigenvalue weighted by molar-refractivity contribution is 1.11. The second kappa shape index (κ2) is 1.55. The van der Waals surface area contributed by atoms with E-state index in [9.17, 15) is 0 Å². The van der Waals surface area contributed by atoms with Crippen LogP contribution in [-0.2, 0) is 0 Å². The summed E-state index contributed by atoms with van der Waals surface area (Å²) in [6.07, 6.45) is 7.11. The zero-order chi connectivity index (χ0) is 6.10. The molecule has 2 rings (SSSR count). The highest BCUT2D eigenvalue weighted by atomic mass is 15.0. The summed E-state index contributed by atoms with van der Waals surface area (Å²) in [6.45, 7) is 0. The van der Waals surface area contributed by atoms with E-state index in [1.807, 2.05) is 16.7 Å². The summed E-state index contributed by atoms with van der Waals surface area (Å²) in [5, 5.41) is 0. The standard InChI is InChI=1S/C6H5N3/c1-2-8-6-4-7-5-9(6)3-1/h1-5H. The van der Waals surface area contributed by atoms with Crippen molar-refractivity contribution >= 4 is 5.65 Å². The van der Waals surface area contributed by atoms with E-state index in [1.165, 1.54) is 0 Å². The van der Waals surface area contributed by atoms with Crippen molar-refractivity contribution in [1.82, 2.24) is 14.4 Å². The molecule has 0 saturated carbocycles. The summed E-state index contributed by atoms with van der Waals surface area (Å²) in [6, 6.07) is 1.87. The maximum absolute atomic E-state index is 4.04. The van der Waals surface area contributed by atoms with Gasteiger partial charge >= 0.3 is 0 Å². The molecule has 0 aliphatic carbocycles. The van der Waals surface area contributed by atoms with E-state index in [2.05, 4.69) is 9.97 Å². The van der Waals surface area contributed by atoms with Gasteiger partial charge in [-0.3, -0.25) is 4.40 Å². The Bertz CT molecular complexity index is 282. The number of hydrogen-bond acceptors (Lipinski definition) is 2. The van der Waals surface area contributed by atoms with Crippen LogP contribution in [-0.4, -0.2) is 14.4 Å². The number of nitrogens with zero attached hydrogens (tertiary/aromatic N) is 3. The van der Waals surface area contributed by atoms with Crippen molar-refractivity contribution in [2.45, 2.75) is 0 Å². The van der Waals surface area contributed by atoms with Crippen LogP contribution in [0, 0.1) is 0 Å². The Hall–Kier alpha value is -1.38. The molecule has 0 radical (unpaired) electrons. The maximum Gasteiger partial charge on any atom is 0.156 e. The van der Waals surface area contributed by atoms with Gasteiger partial charge in [0, 0.05) is 12.4 Å². The van der Waals surface area contributed by atoms with Gasteiger partial charge in [0.2, 0.25) is 0 Å². The molecule has 0 aromatic carbocycles. The van der Waals surface area contributed by atoms with Crippen molar-refractivity contribution in [2.24, 2.45) is 0 Å². The van der Waals surface area contributed by atoms with Gasteiger partial charge in [0.15, 0.2) is 5.65 Å². The largest absolute Gasteiger partial charge is 0.291 e. The minimum absolute atomic E-state index is 0.887. The third-order valence-electron chi connectivity index (χ3n) is 1.19. The zero-order valence-corrected chi connectivity index (χ0v) is 4.73. The van der Waals surface area contributed by atoms with Gasteiger partial charge in [-0.25, -0.2) is 9.97 Å². The highest BCUT2D eigenvalue weighted by Crippen LogP contribution is 1.93. The Morgan fingerprint density at radius 1 is 1.44 bits per heavy atom. The molecule has 0 amide bonds. The first kappa shape index (κ1) is 4.49. The highest BCUT2D eigenvalue weighted by molar-refractivity contribution is 5.33. The van der Waals surface area contributed by atoms with Crippen LogP contribution < -0.4 is 0 Å². The highest BCUT2D eigenvalue weighted by Gasteiger charge is 1.86. The molecule has 44 valence electrons. The molecule has 0 aliphatic heterocycles. The summed E-state index contributed by atoms with van der Waals surface area (Å²) in [4.78, 5) is 7.94. The molecule has 2 aromatic rings. The molecule has 0 fully saturated rings. The minimum Gasteiger partial charge on any atom is -0.291 e. The van der Waals surface area contributed by atoms with Crippen molar-refractivity contribution in [2.75, 3.05) is 0 Å². The van der Waals surface area contributed by atoms with E-state index in [1.54, 1.807) is 18.7 Å². The average Bonchev–Trinajstić information content (AvgIpc) is 2.33. The molecule has 0 N–H and O–H groups in total. The normalized spacial score (nSPS) is 10.2. The van der Waals surface area contributed by atoms with Gasteiger partial charge in [-0.05, 0) is 6.07 Å². The summed E-state index contributed by atoms with van der Waals surface area (Å²) in [5.74, 6) is 0. The summed E-state index contributed by atoms with van der Waals surface area (Å²) in [5.41, 5.74) is 0.887. The van der Waals surface area contributed by atoms with Crippen LogP contribution in [0.3, 0.4) is 0 Å². The lowest BCUT2D eigenvalue weighted by Crippen LogP contribution is -1.80. The van der Waals surface area contributed by atoms with Gasteiger partial charge in [-0.15, -0.1) is 0 Å². The Balaban J connectivity index is 2.95. The van der Waals surface area contributed by atoms with Crippen LogP contribution in [0.2, 0.25) is 0 Å². The van der Waals surface area contributed by atoms with Crippen LogP contribution in [0.25, 0.3) is 5.65 Å². The van der Waals surface area contributed by atoms with Crippen molar-refractivity contribution in [3.63, 3.8) is 0 Å². The molecule has 2 heterocycles. The average molecular weight is 119 g/mol. The Kier molecular flexibility index (Phi) is 0.773. The van der Waals surface area contributed by atoms with Crippen LogP contribution in [0.5, 0.6) is 0 Å². The molecule has 9 heavy (non-hydrogen) atoms. The number of fused-ring (bicyclic) bond motifs is 1. The topological polar surface area (TPSA) is 30.2 Å². The van der Waals surface area contributed by atoms with Gasteiger partial charge in [0.05, 0.1) is 6.20 Å². The quantitative estimate of drug-likeness (QED) is 0.511. The SMILES string of the molecule is c1cnc2cncn2c1. The van der Waals surface area contributed by atoms with E-state index in [-0.39, 0.29) is 0 Å². The lowest BCUT2D eigenvalue weighted by Gasteiger charge is -1.85. The van der Waals surface area contributed by atoms with Crippen LogP contribution in [0.15, 0.2) is 31.0 Å². The van der Waals surface area contributed by atoms with Gasteiger partial charge in [0.25, 0.3) is 0 Å². The zero-order valence-electron chi connectivity index (χ0n) is 4.73. The van der Waals surface area contributed by atoms with Crippen LogP contribution >= 0.6 is 0 Å². The van der Waals surface area contributed by atoms with E-state index in [0.717, 1.165) is 5.65 Å². The molecule has 0 unspecified atom stereocenters. The number of imidazole rings is 1. The fraction of sp³-hybridized carbons (Fsp3) is 0. The van der Waals surface area contributed by atoms with E-state index in [0.29, 0.717) is 0 Å². The Morgan fingerprint density at radius 2 is 2.44 bits per heavy atom.